The van der Waals surface area contributed by atoms with Gasteiger partial charge in [0.1, 0.15) is 0 Å². The summed E-state index contributed by atoms with van der Waals surface area (Å²) in [5.41, 5.74) is 0. The molecule has 1 aromatic heterocycles. The molecular weight excluding hydrogens is 260 g/mol. The first kappa shape index (κ1) is 10.7. The quantitative estimate of drug-likeness (QED) is 0.863. The molecule has 14 heavy (non-hydrogen) atoms. The zero-order chi connectivity index (χ0) is 10.1. The molecule has 0 amide bonds. The van der Waals surface area contributed by atoms with E-state index in [9.17, 15) is 5.11 Å². The number of thiophene rings is 1. The summed E-state index contributed by atoms with van der Waals surface area (Å²) >= 11 is 5.20. The Morgan fingerprint density at radius 1 is 1.50 bits per heavy atom. The van der Waals surface area contributed by atoms with E-state index in [1.54, 1.807) is 11.3 Å². The maximum atomic E-state index is 10.1. The molecular formula is C11H15BrOS. The van der Waals surface area contributed by atoms with Crippen LogP contribution in [-0.4, -0.2) is 5.11 Å². The Morgan fingerprint density at radius 2 is 2.14 bits per heavy atom. The lowest BCUT2D eigenvalue weighted by Crippen LogP contribution is -2.06. The number of aryl methyl sites for hydroxylation is 1. The number of aliphatic hydroxyl groups excluding tert-OH is 1. The average Bonchev–Trinajstić information content (AvgIpc) is 2.76. The van der Waals surface area contributed by atoms with Crippen molar-refractivity contribution in [2.24, 2.45) is 5.92 Å². The number of halogens is 1. The predicted molar refractivity (Wildman–Crippen MR) is 63.7 cm³/mol. The minimum Gasteiger partial charge on any atom is -0.387 e. The topological polar surface area (TPSA) is 20.2 Å². The summed E-state index contributed by atoms with van der Waals surface area (Å²) in [5.74, 6) is 0.500. The van der Waals surface area contributed by atoms with Crippen molar-refractivity contribution in [3.63, 3.8) is 0 Å². The van der Waals surface area contributed by atoms with Gasteiger partial charge in [-0.05, 0) is 47.7 Å². The second-order valence-corrected chi connectivity index (χ2v) is 6.18. The Labute approximate surface area is 97.3 Å². The largest absolute Gasteiger partial charge is 0.387 e. The molecule has 2 rings (SSSR count). The van der Waals surface area contributed by atoms with Crippen LogP contribution in [0.4, 0.5) is 0 Å². The second kappa shape index (κ2) is 4.33. The fourth-order valence-corrected chi connectivity index (χ4v) is 3.77. The van der Waals surface area contributed by atoms with Crippen molar-refractivity contribution >= 4 is 27.3 Å². The Hall–Kier alpha value is 0.140. The lowest BCUT2D eigenvalue weighted by atomic mass is 10.00. The first-order valence-electron chi connectivity index (χ1n) is 5.12. The third-order valence-corrected chi connectivity index (χ3v) is 5.22. The third kappa shape index (κ3) is 2.05. The molecule has 0 aliphatic heterocycles. The van der Waals surface area contributed by atoms with Crippen LogP contribution < -0.4 is 0 Å². The van der Waals surface area contributed by atoms with Crippen molar-refractivity contribution in [3.05, 3.63) is 20.3 Å². The maximum Gasteiger partial charge on any atom is 0.0910 e. The molecule has 1 fully saturated rings. The molecule has 1 saturated carbocycles. The monoisotopic (exact) mass is 274 g/mol. The molecule has 78 valence electrons. The van der Waals surface area contributed by atoms with Gasteiger partial charge < -0.3 is 5.11 Å². The van der Waals surface area contributed by atoms with Crippen LogP contribution in [0.5, 0.6) is 0 Å². The van der Waals surface area contributed by atoms with E-state index >= 15 is 0 Å². The minimum absolute atomic E-state index is 0.229. The summed E-state index contributed by atoms with van der Waals surface area (Å²) in [6.45, 7) is 2.08. The lowest BCUT2D eigenvalue weighted by Gasteiger charge is -2.15. The van der Waals surface area contributed by atoms with Gasteiger partial charge in [-0.15, -0.1) is 11.3 Å². The summed E-state index contributed by atoms with van der Waals surface area (Å²) < 4.78 is 1.13. The molecule has 1 atom stereocenters. The van der Waals surface area contributed by atoms with E-state index < -0.39 is 0 Å². The zero-order valence-corrected chi connectivity index (χ0v) is 10.7. The van der Waals surface area contributed by atoms with Crippen molar-refractivity contribution in [2.75, 3.05) is 0 Å². The van der Waals surface area contributed by atoms with Crippen molar-refractivity contribution < 1.29 is 5.11 Å². The predicted octanol–water partition coefficient (Wildman–Crippen LogP) is 4.04. The molecule has 1 heterocycles. The molecule has 1 N–H and O–H groups in total. The van der Waals surface area contributed by atoms with E-state index in [0.29, 0.717) is 5.92 Å². The summed E-state index contributed by atoms with van der Waals surface area (Å²) in [6, 6.07) is 2.07. The highest BCUT2D eigenvalue weighted by molar-refractivity contribution is 9.10. The van der Waals surface area contributed by atoms with Gasteiger partial charge in [-0.25, -0.2) is 0 Å². The van der Waals surface area contributed by atoms with E-state index in [1.165, 1.54) is 30.6 Å². The van der Waals surface area contributed by atoms with Gasteiger partial charge in [0.15, 0.2) is 0 Å². The molecule has 0 radical (unpaired) electrons. The van der Waals surface area contributed by atoms with Crippen LogP contribution in [0.15, 0.2) is 10.5 Å². The van der Waals surface area contributed by atoms with Crippen LogP contribution in [0.1, 0.15) is 41.5 Å². The van der Waals surface area contributed by atoms with Crippen LogP contribution in [0.3, 0.4) is 0 Å². The number of aliphatic hydroxyl groups is 1. The molecule has 3 heteroatoms. The van der Waals surface area contributed by atoms with E-state index in [2.05, 4.69) is 28.9 Å². The zero-order valence-electron chi connectivity index (χ0n) is 8.29. The molecule has 1 aliphatic carbocycles. The van der Waals surface area contributed by atoms with E-state index in [0.717, 1.165) is 9.35 Å². The Balaban J connectivity index is 2.13. The molecule has 0 saturated heterocycles. The number of hydrogen-bond donors (Lipinski definition) is 1. The Bertz CT molecular complexity index is 296. The van der Waals surface area contributed by atoms with Gasteiger partial charge in [0, 0.05) is 14.2 Å². The molecule has 1 aromatic rings. The first-order valence-corrected chi connectivity index (χ1v) is 6.73. The van der Waals surface area contributed by atoms with Gasteiger partial charge in [-0.3, -0.25) is 0 Å². The van der Waals surface area contributed by atoms with Crippen molar-refractivity contribution in [3.8, 4) is 0 Å². The summed E-state index contributed by atoms with van der Waals surface area (Å²) in [7, 11) is 0. The fourth-order valence-electron chi connectivity index (χ4n) is 2.13. The van der Waals surface area contributed by atoms with Crippen LogP contribution >= 0.6 is 27.3 Å². The van der Waals surface area contributed by atoms with Crippen molar-refractivity contribution in [2.45, 2.75) is 38.7 Å². The SMILES string of the molecule is Cc1sc(C(O)C2CCCC2)cc1Br. The van der Waals surface area contributed by atoms with Crippen molar-refractivity contribution in [1.29, 1.82) is 0 Å². The van der Waals surface area contributed by atoms with Crippen LogP contribution in [-0.2, 0) is 0 Å². The average molecular weight is 275 g/mol. The van der Waals surface area contributed by atoms with E-state index in [1.807, 2.05) is 0 Å². The third-order valence-electron chi connectivity index (χ3n) is 3.01. The Kier molecular flexibility index (Phi) is 3.30. The fraction of sp³-hybridized carbons (Fsp3) is 0.636. The van der Waals surface area contributed by atoms with Crippen LogP contribution in [0.2, 0.25) is 0 Å². The van der Waals surface area contributed by atoms with Gasteiger partial charge in [-0.2, -0.15) is 0 Å². The lowest BCUT2D eigenvalue weighted by molar-refractivity contribution is 0.115. The van der Waals surface area contributed by atoms with Crippen LogP contribution in [0, 0.1) is 12.8 Å². The van der Waals surface area contributed by atoms with E-state index in [-0.39, 0.29) is 6.10 Å². The highest BCUT2D eigenvalue weighted by Gasteiger charge is 2.25. The van der Waals surface area contributed by atoms with Gasteiger partial charge in [0.05, 0.1) is 6.10 Å². The van der Waals surface area contributed by atoms with Gasteiger partial charge in [0.2, 0.25) is 0 Å². The van der Waals surface area contributed by atoms with Crippen LogP contribution in [0.25, 0.3) is 0 Å². The van der Waals surface area contributed by atoms with Crippen molar-refractivity contribution in [1.82, 2.24) is 0 Å². The number of rotatable bonds is 2. The second-order valence-electron chi connectivity index (χ2n) is 4.04. The Morgan fingerprint density at radius 3 is 2.64 bits per heavy atom. The van der Waals surface area contributed by atoms with Gasteiger partial charge in [-0.1, -0.05) is 12.8 Å². The highest BCUT2D eigenvalue weighted by atomic mass is 79.9. The molecule has 0 bridgehead atoms. The molecule has 0 spiro atoms. The molecule has 1 aliphatic rings. The molecule has 1 nitrogen and oxygen atoms in total. The van der Waals surface area contributed by atoms with Gasteiger partial charge in [0.25, 0.3) is 0 Å². The van der Waals surface area contributed by atoms with Gasteiger partial charge >= 0.3 is 0 Å². The smallest absolute Gasteiger partial charge is 0.0910 e. The maximum absolute atomic E-state index is 10.1. The first-order chi connectivity index (χ1) is 6.68. The highest BCUT2D eigenvalue weighted by Crippen LogP contribution is 2.39. The summed E-state index contributed by atoms with van der Waals surface area (Å²) in [5, 5.41) is 10.1. The standard InChI is InChI=1S/C11H15BrOS/c1-7-9(12)6-10(14-7)11(13)8-4-2-3-5-8/h6,8,11,13H,2-5H2,1H3. The minimum atomic E-state index is -0.229. The normalized spacial score (nSPS) is 20.2. The van der Waals surface area contributed by atoms with E-state index in [4.69, 9.17) is 0 Å². The molecule has 0 aromatic carbocycles. The summed E-state index contributed by atoms with van der Waals surface area (Å²) in [4.78, 5) is 2.39. The summed E-state index contributed by atoms with van der Waals surface area (Å²) in [6.07, 6.45) is 4.72. The number of hydrogen-bond acceptors (Lipinski definition) is 2. The molecule has 1 unspecified atom stereocenters.